The lowest BCUT2D eigenvalue weighted by atomic mass is 10.2. The van der Waals surface area contributed by atoms with E-state index in [0.717, 1.165) is 22.1 Å². The number of halogens is 1. The first-order valence-electron chi connectivity index (χ1n) is 10.9. The predicted molar refractivity (Wildman–Crippen MR) is 129 cm³/mol. The van der Waals surface area contributed by atoms with Gasteiger partial charge in [0, 0.05) is 37.9 Å². The van der Waals surface area contributed by atoms with E-state index in [1.807, 2.05) is 4.90 Å². The second kappa shape index (κ2) is 10.1. The summed E-state index contributed by atoms with van der Waals surface area (Å²) in [4.78, 5) is 27.0. The standard InChI is InChI=1S/C24H23FN4O5S/c25-19-10-12-20(13-11-19)26-14-16-27(17-15-26)24(30)18-28(21-6-2-1-3-7-21)35(33,34)23-9-5-4-8-22(23)29(31)32/h1-13H,14-18H2. The second-order valence-corrected chi connectivity index (χ2v) is 9.75. The van der Waals surface area contributed by atoms with Crippen LogP contribution in [0, 0.1) is 15.9 Å². The Balaban J connectivity index is 1.56. The lowest BCUT2D eigenvalue weighted by Gasteiger charge is -2.37. The van der Waals surface area contributed by atoms with Gasteiger partial charge in [-0.1, -0.05) is 30.3 Å². The molecule has 1 fully saturated rings. The molecule has 1 amide bonds. The topological polar surface area (TPSA) is 104 Å². The fraction of sp³-hybridized carbons (Fsp3) is 0.208. The third-order valence-electron chi connectivity index (χ3n) is 5.78. The highest BCUT2D eigenvalue weighted by Gasteiger charge is 2.34. The number of benzene rings is 3. The number of piperazine rings is 1. The van der Waals surface area contributed by atoms with Crippen molar-refractivity contribution in [2.45, 2.75) is 4.90 Å². The van der Waals surface area contributed by atoms with Crippen LogP contribution in [0.2, 0.25) is 0 Å². The summed E-state index contributed by atoms with van der Waals surface area (Å²) in [5.41, 5.74) is 0.501. The Labute approximate surface area is 202 Å². The minimum atomic E-state index is -4.42. The Morgan fingerprint density at radius 2 is 1.51 bits per heavy atom. The molecule has 9 nitrogen and oxygen atoms in total. The molecular formula is C24H23FN4O5S. The summed E-state index contributed by atoms with van der Waals surface area (Å²) in [5, 5.41) is 11.5. The highest BCUT2D eigenvalue weighted by Crippen LogP contribution is 2.30. The SMILES string of the molecule is O=C(CN(c1ccccc1)S(=O)(=O)c1ccccc1[N+](=O)[O-])N1CCN(c2ccc(F)cc2)CC1. The van der Waals surface area contributed by atoms with E-state index in [2.05, 4.69) is 0 Å². The molecule has 0 aromatic heterocycles. The van der Waals surface area contributed by atoms with Crippen molar-refractivity contribution in [2.75, 3.05) is 41.9 Å². The minimum Gasteiger partial charge on any atom is -0.368 e. The summed E-state index contributed by atoms with van der Waals surface area (Å²) in [7, 11) is -4.42. The van der Waals surface area contributed by atoms with Crippen molar-refractivity contribution in [3.63, 3.8) is 0 Å². The number of sulfonamides is 1. The van der Waals surface area contributed by atoms with E-state index in [4.69, 9.17) is 0 Å². The molecule has 3 aromatic carbocycles. The Hall–Kier alpha value is -3.99. The molecule has 1 saturated heterocycles. The van der Waals surface area contributed by atoms with Gasteiger partial charge in [0.2, 0.25) is 5.91 Å². The highest BCUT2D eigenvalue weighted by molar-refractivity contribution is 7.93. The molecule has 4 rings (SSSR count). The van der Waals surface area contributed by atoms with E-state index < -0.39 is 38.0 Å². The summed E-state index contributed by atoms with van der Waals surface area (Å²) in [6.45, 7) is 1.20. The van der Waals surface area contributed by atoms with E-state index in [0.29, 0.717) is 26.2 Å². The van der Waals surface area contributed by atoms with Crippen LogP contribution < -0.4 is 9.21 Å². The number of para-hydroxylation sites is 2. The van der Waals surface area contributed by atoms with Crippen molar-refractivity contribution < 1.29 is 22.5 Å². The van der Waals surface area contributed by atoms with E-state index in [9.17, 15) is 27.7 Å². The number of carbonyl (C=O) groups is 1. The highest BCUT2D eigenvalue weighted by atomic mass is 32.2. The number of hydrogen-bond donors (Lipinski definition) is 0. The van der Waals surface area contributed by atoms with Crippen molar-refractivity contribution in [1.82, 2.24) is 4.90 Å². The zero-order valence-electron chi connectivity index (χ0n) is 18.7. The van der Waals surface area contributed by atoms with Crippen LogP contribution >= 0.6 is 0 Å². The van der Waals surface area contributed by atoms with Gasteiger partial charge in [0.25, 0.3) is 15.7 Å². The normalized spacial score (nSPS) is 14.0. The molecule has 0 aliphatic carbocycles. The number of hydrogen-bond acceptors (Lipinski definition) is 6. The molecule has 0 radical (unpaired) electrons. The van der Waals surface area contributed by atoms with Crippen LogP contribution in [0.25, 0.3) is 0 Å². The molecule has 0 atom stereocenters. The monoisotopic (exact) mass is 498 g/mol. The number of nitrogens with zero attached hydrogens (tertiary/aromatic N) is 4. The molecule has 0 N–H and O–H groups in total. The molecule has 0 bridgehead atoms. The largest absolute Gasteiger partial charge is 0.368 e. The first kappa shape index (κ1) is 24.1. The Bertz CT molecular complexity index is 1310. The molecule has 0 saturated carbocycles. The van der Waals surface area contributed by atoms with Gasteiger partial charge in [0.15, 0.2) is 4.90 Å². The fourth-order valence-corrected chi connectivity index (χ4v) is 5.52. The quantitative estimate of drug-likeness (QED) is 0.366. The van der Waals surface area contributed by atoms with Gasteiger partial charge in [-0.15, -0.1) is 0 Å². The molecule has 3 aromatic rings. The molecule has 0 unspecified atom stereocenters. The zero-order valence-corrected chi connectivity index (χ0v) is 19.5. The number of carbonyl (C=O) groups excluding carboxylic acids is 1. The zero-order chi connectivity index (χ0) is 25.0. The number of nitro benzene ring substituents is 1. The lowest BCUT2D eigenvalue weighted by Crippen LogP contribution is -2.52. The summed E-state index contributed by atoms with van der Waals surface area (Å²) in [5.74, 6) is -0.752. The van der Waals surface area contributed by atoms with Crippen molar-refractivity contribution >= 4 is 33.0 Å². The molecule has 1 heterocycles. The maximum Gasteiger partial charge on any atom is 0.289 e. The summed E-state index contributed by atoms with van der Waals surface area (Å²) in [6.07, 6.45) is 0. The summed E-state index contributed by atoms with van der Waals surface area (Å²) in [6, 6.07) is 19.2. The molecule has 35 heavy (non-hydrogen) atoms. The molecule has 1 aliphatic rings. The predicted octanol–water partition coefficient (Wildman–Crippen LogP) is 3.28. The molecule has 182 valence electrons. The van der Waals surface area contributed by atoms with Crippen molar-refractivity contribution in [3.05, 3.63) is 94.8 Å². The maximum absolute atomic E-state index is 13.6. The smallest absolute Gasteiger partial charge is 0.289 e. The minimum absolute atomic E-state index is 0.226. The average molecular weight is 499 g/mol. The number of anilines is 2. The Morgan fingerprint density at radius 1 is 0.914 bits per heavy atom. The van der Waals surface area contributed by atoms with Gasteiger partial charge in [-0.3, -0.25) is 19.2 Å². The van der Waals surface area contributed by atoms with E-state index >= 15 is 0 Å². The summed E-state index contributed by atoms with van der Waals surface area (Å²) >= 11 is 0. The van der Waals surface area contributed by atoms with Gasteiger partial charge in [-0.25, -0.2) is 12.8 Å². The van der Waals surface area contributed by atoms with Crippen LogP contribution in [-0.4, -0.2) is 56.9 Å². The lowest BCUT2D eigenvalue weighted by molar-refractivity contribution is -0.387. The third kappa shape index (κ3) is 5.24. The van der Waals surface area contributed by atoms with Crippen LogP contribution in [0.5, 0.6) is 0 Å². The molecule has 11 heteroatoms. The van der Waals surface area contributed by atoms with Crippen LogP contribution in [0.4, 0.5) is 21.5 Å². The van der Waals surface area contributed by atoms with Gasteiger partial charge >= 0.3 is 0 Å². The van der Waals surface area contributed by atoms with E-state index in [-0.39, 0.29) is 11.5 Å². The van der Waals surface area contributed by atoms with Crippen LogP contribution in [0.15, 0.2) is 83.8 Å². The summed E-state index contributed by atoms with van der Waals surface area (Å²) < 4.78 is 41.2. The number of nitro groups is 1. The van der Waals surface area contributed by atoms with E-state index in [1.165, 1.54) is 36.4 Å². The van der Waals surface area contributed by atoms with Gasteiger partial charge in [-0.2, -0.15) is 0 Å². The first-order valence-corrected chi connectivity index (χ1v) is 12.3. The third-order valence-corrected chi connectivity index (χ3v) is 7.60. The van der Waals surface area contributed by atoms with Gasteiger partial charge in [0.05, 0.1) is 10.6 Å². The van der Waals surface area contributed by atoms with Crippen molar-refractivity contribution in [1.29, 1.82) is 0 Å². The van der Waals surface area contributed by atoms with Gasteiger partial charge < -0.3 is 9.80 Å². The van der Waals surface area contributed by atoms with E-state index in [1.54, 1.807) is 35.2 Å². The van der Waals surface area contributed by atoms with Crippen LogP contribution in [0.1, 0.15) is 0 Å². The molecular weight excluding hydrogens is 475 g/mol. The van der Waals surface area contributed by atoms with Gasteiger partial charge in [0.1, 0.15) is 12.4 Å². The number of amides is 1. The first-order chi connectivity index (χ1) is 16.8. The fourth-order valence-electron chi connectivity index (χ4n) is 3.94. The van der Waals surface area contributed by atoms with Gasteiger partial charge in [-0.05, 0) is 42.5 Å². The van der Waals surface area contributed by atoms with Crippen LogP contribution in [0.3, 0.4) is 0 Å². The molecule has 1 aliphatic heterocycles. The van der Waals surface area contributed by atoms with Crippen molar-refractivity contribution in [3.8, 4) is 0 Å². The Kier molecular flexibility index (Phi) is 6.97. The second-order valence-electron chi connectivity index (χ2n) is 7.92. The van der Waals surface area contributed by atoms with Crippen LogP contribution in [-0.2, 0) is 14.8 Å². The average Bonchev–Trinajstić information content (AvgIpc) is 2.88. The van der Waals surface area contributed by atoms with Crippen molar-refractivity contribution in [2.24, 2.45) is 0 Å². The maximum atomic E-state index is 13.6. The Morgan fingerprint density at radius 3 is 2.14 bits per heavy atom. The molecule has 0 spiro atoms. The number of rotatable bonds is 7.